The molecular formula is C17H21N3O. The number of allylic oxidation sites excluding steroid dienone is 1. The van der Waals surface area contributed by atoms with Gasteiger partial charge in [0, 0.05) is 30.7 Å². The summed E-state index contributed by atoms with van der Waals surface area (Å²) in [4.78, 5) is 18.6. The molecule has 0 aliphatic carbocycles. The average Bonchev–Trinajstić information content (AvgIpc) is 2.47. The van der Waals surface area contributed by atoms with Crippen LogP contribution in [0.2, 0.25) is 0 Å². The lowest BCUT2D eigenvalue weighted by molar-refractivity contribution is -0.113. The molecule has 1 amide bonds. The van der Waals surface area contributed by atoms with Gasteiger partial charge in [0.2, 0.25) is 0 Å². The molecule has 0 spiro atoms. The Morgan fingerprint density at radius 3 is 2.67 bits per heavy atom. The normalized spacial score (nSPS) is 11.5. The first-order valence-corrected chi connectivity index (χ1v) is 7.09. The second kappa shape index (κ2) is 6.39. The molecule has 110 valence electrons. The fraction of sp³-hybridized carbons (Fsp3) is 0.294. The quantitative estimate of drug-likeness (QED) is 0.872. The highest BCUT2D eigenvalue weighted by molar-refractivity contribution is 6.04. The molecule has 0 aliphatic rings. The number of pyridine rings is 1. The standard InChI is InChI=1S/C17H21N3O/c1-5-12(6-2)17(21)18-14-8-9-15-13(11-14)7-10-16(19-15)20(3)4/h5,7-11H,6H2,1-4H3,(H,18,21)/b12-5-. The van der Waals surface area contributed by atoms with Crippen LogP contribution in [-0.2, 0) is 4.79 Å². The summed E-state index contributed by atoms with van der Waals surface area (Å²) in [6, 6.07) is 9.75. The number of carbonyl (C=O) groups is 1. The van der Waals surface area contributed by atoms with Crippen LogP contribution >= 0.6 is 0 Å². The van der Waals surface area contributed by atoms with Gasteiger partial charge in [0.15, 0.2) is 0 Å². The molecule has 4 heteroatoms. The van der Waals surface area contributed by atoms with Crippen LogP contribution in [-0.4, -0.2) is 25.0 Å². The van der Waals surface area contributed by atoms with E-state index in [1.54, 1.807) is 0 Å². The van der Waals surface area contributed by atoms with Crippen LogP contribution in [0.3, 0.4) is 0 Å². The fourth-order valence-electron chi connectivity index (χ4n) is 2.15. The van der Waals surface area contributed by atoms with Gasteiger partial charge in [-0.3, -0.25) is 4.79 Å². The Morgan fingerprint density at radius 1 is 1.29 bits per heavy atom. The van der Waals surface area contributed by atoms with Crippen LogP contribution < -0.4 is 10.2 Å². The summed E-state index contributed by atoms with van der Waals surface area (Å²) in [5.74, 6) is 0.874. The van der Waals surface area contributed by atoms with Crippen molar-refractivity contribution in [2.75, 3.05) is 24.3 Å². The van der Waals surface area contributed by atoms with Gasteiger partial charge in [-0.05, 0) is 43.7 Å². The summed E-state index contributed by atoms with van der Waals surface area (Å²) in [5, 5.41) is 3.94. The highest BCUT2D eigenvalue weighted by Gasteiger charge is 2.07. The molecule has 0 unspecified atom stereocenters. The molecule has 0 radical (unpaired) electrons. The van der Waals surface area contributed by atoms with E-state index in [4.69, 9.17) is 0 Å². The highest BCUT2D eigenvalue weighted by atomic mass is 16.1. The number of anilines is 2. The Labute approximate surface area is 125 Å². The maximum Gasteiger partial charge on any atom is 0.251 e. The van der Waals surface area contributed by atoms with Gasteiger partial charge in [0.25, 0.3) is 5.91 Å². The molecule has 0 fully saturated rings. The SMILES string of the molecule is C/C=C(/CC)C(=O)Nc1ccc2nc(N(C)C)ccc2c1. The Balaban J connectivity index is 2.27. The Hall–Kier alpha value is -2.36. The zero-order valence-electron chi connectivity index (χ0n) is 13.0. The van der Waals surface area contributed by atoms with E-state index in [-0.39, 0.29) is 5.91 Å². The summed E-state index contributed by atoms with van der Waals surface area (Å²) in [5.41, 5.74) is 2.50. The first kappa shape index (κ1) is 15.0. The topological polar surface area (TPSA) is 45.2 Å². The summed E-state index contributed by atoms with van der Waals surface area (Å²) in [6.45, 7) is 3.85. The summed E-state index contributed by atoms with van der Waals surface area (Å²) < 4.78 is 0. The van der Waals surface area contributed by atoms with Crippen molar-refractivity contribution in [3.05, 3.63) is 42.0 Å². The minimum atomic E-state index is -0.0442. The number of nitrogens with one attached hydrogen (secondary N) is 1. The van der Waals surface area contributed by atoms with Crippen molar-refractivity contribution in [2.45, 2.75) is 20.3 Å². The third-order valence-electron chi connectivity index (χ3n) is 3.41. The minimum absolute atomic E-state index is 0.0442. The van der Waals surface area contributed by atoms with Gasteiger partial charge in [-0.25, -0.2) is 4.98 Å². The van der Waals surface area contributed by atoms with Crippen molar-refractivity contribution in [3.8, 4) is 0 Å². The lowest BCUT2D eigenvalue weighted by Gasteiger charge is -2.12. The van der Waals surface area contributed by atoms with E-state index in [1.165, 1.54) is 0 Å². The molecule has 0 bridgehead atoms. The zero-order chi connectivity index (χ0) is 15.4. The molecular weight excluding hydrogens is 262 g/mol. The fourth-order valence-corrected chi connectivity index (χ4v) is 2.15. The third kappa shape index (κ3) is 3.40. The second-order valence-corrected chi connectivity index (χ2v) is 5.09. The lowest BCUT2D eigenvalue weighted by Crippen LogP contribution is -2.14. The predicted octanol–water partition coefficient (Wildman–Crippen LogP) is 3.60. The molecule has 0 saturated carbocycles. The number of aromatic nitrogens is 1. The number of hydrogen-bond donors (Lipinski definition) is 1. The Bertz CT molecular complexity index is 689. The van der Waals surface area contributed by atoms with E-state index in [9.17, 15) is 4.79 Å². The molecule has 2 rings (SSSR count). The van der Waals surface area contributed by atoms with Crippen LogP contribution in [0.25, 0.3) is 10.9 Å². The predicted molar refractivity (Wildman–Crippen MR) is 88.7 cm³/mol. The molecule has 1 N–H and O–H groups in total. The largest absolute Gasteiger partial charge is 0.363 e. The maximum absolute atomic E-state index is 12.1. The number of fused-ring (bicyclic) bond motifs is 1. The molecule has 1 heterocycles. The van der Waals surface area contributed by atoms with Crippen molar-refractivity contribution in [1.29, 1.82) is 0 Å². The van der Waals surface area contributed by atoms with Crippen molar-refractivity contribution in [3.63, 3.8) is 0 Å². The van der Waals surface area contributed by atoms with E-state index >= 15 is 0 Å². The first-order valence-electron chi connectivity index (χ1n) is 7.09. The zero-order valence-corrected chi connectivity index (χ0v) is 13.0. The van der Waals surface area contributed by atoms with Gasteiger partial charge in [-0.1, -0.05) is 13.0 Å². The second-order valence-electron chi connectivity index (χ2n) is 5.09. The monoisotopic (exact) mass is 283 g/mol. The highest BCUT2D eigenvalue weighted by Crippen LogP contribution is 2.21. The van der Waals surface area contributed by atoms with Crippen molar-refractivity contribution < 1.29 is 4.79 Å². The van der Waals surface area contributed by atoms with Crippen molar-refractivity contribution in [1.82, 2.24) is 4.98 Å². The molecule has 1 aromatic heterocycles. The van der Waals surface area contributed by atoms with Crippen LogP contribution in [0.5, 0.6) is 0 Å². The third-order valence-corrected chi connectivity index (χ3v) is 3.41. The number of rotatable bonds is 4. The number of nitrogens with zero attached hydrogens (tertiary/aromatic N) is 2. The molecule has 0 aliphatic heterocycles. The van der Waals surface area contributed by atoms with Crippen molar-refractivity contribution >= 4 is 28.3 Å². The van der Waals surface area contributed by atoms with Gasteiger partial charge in [-0.15, -0.1) is 0 Å². The van der Waals surface area contributed by atoms with Crippen LogP contribution in [0.15, 0.2) is 42.0 Å². The van der Waals surface area contributed by atoms with Crippen LogP contribution in [0, 0.1) is 0 Å². The molecule has 0 saturated heterocycles. The molecule has 1 aromatic carbocycles. The first-order chi connectivity index (χ1) is 10.0. The van der Waals surface area contributed by atoms with Crippen LogP contribution in [0.4, 0.5) is 11.5 Å². The molecule has 4 nitrogen and oxygen atoms in total. The average molecular weight is 283 g/mol. The van der Waals surface area contributed by atoms with Gasteiger partial charge in [0.1, 0.15) is 5.82 Å². The Morgan fingerprint density at radius 2 is 2.05 bits per heavy atom. The van der Waals surface area contributed by atoms with E-state index in [1.807, 2.05) is 69.3 Å². The molecule has 21 heavy (non-hydrogen) atoms. The van der Waals surface area contributed by atoms with E-state index in [0.29, 0.717) is 0 Å². The van der Waals surface area contributed by atoms with E-state index < -0.39 is 0 Å². The maximum atomic E-state index is 12.1. The summed E-state index contributed by atoms with van der Waals surface area (Å²) in [6.07, 6.45) is 2.57. The van der Waals surface area contributed by atoms with Crippen molar-refractivity contribution in [2.24, 2.45) is 0 Å². The number of amides is 1. The van der Waals surface area contributed by atoms with Gasteiger partial charge >= 0.3 is 0 Å². The minimum Gasteiger partial charge on any atom is -0.363 e. The van der Waals surface area contributed by atoms with Crippen LogP contribution in [0.1, 0.15) is 20.3 Å². The Kier molecular flexibility index (Phi) is 4.58. The smallest absolute Gasteiger partial charge is 0.251 e. The van der Waals surface area contributed by atoms with E-state index in [2.05, 4.69) is 10.3 Å². The number of carbonyl (C=O) groups excluding carboxylic acids is 1. The number of benzene rings is 1. The van der Waals surface area contributed by atoms with Gasteiger partial charge < -0.3 is 10.2 Å². The lowest BCUT2D eigenvalue weighted by atomic mass is 10.1. The van der Waals surface area contributed by atoms with E-state index in [0.717, 1.165) is 34.4 Å². The number of hydrogen-bond acceptors (Lipinski definition) is 3. The van der Waals surface area contributed by atoms with Gasteiger partial charge in [-0.2, -0.15) is 0 Å². The van der Waals surface area contributed by atoms with Gasteiger partial charge in [0.05, 0.1) is 5.52 Å². The summed E-state index contributed by atoms with van der Waals surface area (Å²) >= 11 is 0. The molecule has 2 aromatic rings. The summed E-state index contributed by atoms with van der Waals surface area (Å²) in [7, 11) is 3.93. The molecule has 0 atom stereocenters.